The van der Waals surface area contributed by atoms with Crippen molar-refractivity contribution in [2.45, 2.75) is 10.7 Å². The molecular weight excluding hydrogens is 301 g/mol. The first-order valence-corrected chi connectivity index (χ1v) is 6.75. The molecule has 21 heavy (non-hydrogen) atoms. The third kappa shape index (κ3) is 4.16. The smallest absolute Gasteiger partial charge is 0.288 e. The summed E-state index contributed by atoms with van der Waals surface area (Å²) in [6.07, 6.45) is 0. The van der Waals surface area contributed by atoms with Gasteiger partial charge in [-0.05, 0) is 30.3 Å². The number of thioether (sulfide) groups is 1. The Balaban J connectivity index is 2.23. The number of halogens is 3. The zero-order chi connectivity index (χ0) is 15.4. The van der Waals surface area contributed by atoms with Crippen LogP contribution in [0.25, 0.3) is 0 Å². The molecule has 3 N–H and O–H groups in total. The van der Waals surface area contributed by atoms with Gasteiger partial charge < -0.3 is 11.1 Å². The highest BCUT2D eigenvalue weighted by Crippen LogP contribution is 2.31. The number of hydrogen-bond donors (Lipinski definition) is 2. The molecule has 2 aromatic rings. The normalized spacial score (nSPS) is 10.7. The third-order valence-corrected chi connectivity index (χ3v) is 3.32. The molecule has 0 bridgehead atoms. The van der Waals surface area contributed by atoms with Gasteiger partial charge in [-0.1, -0.05) is 23.9 Å². The van der Waals surface area contributed by atoms with Gasteiger partial charge >= 0.3 is 0 Å². The van der Waals surface area contributed by atoms with E-state index in [1.165, 1.54) is 18.2 Å². The van der Waals surface area contributed by atoms with Gasteiger partial charge in [-0.15, -0.1) is 0 Å². The van der Waals surface area contributed by atoms with E-state index in [1.807, 2.05) is 0 Å². The lowest BCUT2D eigenvalue weighted by atomic mass is 10.2. The Morgan fingerprint density at radius 1 is 1.19 bits per heavy atom. The maximum atomic E-state index is 13.2. The monoisotopic (exact) mass is 312 g/mol. The van der Waals surface area contributed by atoms with Crippen LogP contribution in [-0.2, 0) is 0 Å². The molecular formula is C14H11F3N2OS. The zero-order valence-corrected chi connectivity index (χ0v) is 11.5. The van der Waals surface area contributed by atoms with Crippen molar-refractivity contribution >= 4 is 29.0 Å². The molecule has 7 heteroatoms. The lowest BCUT2D eigenvalue weighted by Crippen LogP contribution is -2.13. The molecule has 0 aliphatic carbocycles. The van der Waals surface area contributed by atoms with Crippen LogP contribution in [-0.4, -0.2) is 11.7 Å². The molecule has 3 nitrogen and oxygen atoms in total. The molecule has 110 valence electrons. The van der Waals surface area contributed by atoms with Crippen molar-refractivity contribution in [3.8, 4) is 0 Å². The molecule has 0 saturated carbocycles. The Morgan fingerprint density at radius 2 is 1.90 bits per heavy atom. The van der Waals surface area contributed by atoms with Gasteiger partial charge in [0.25, 0.3) is 11.7 Å². The maximum absolute atomic E-state index is 13.2. The predicted molar refractivity (Wildman–Crippen MR) is 77.1 cm³/mol. The largest absolute Gasteiger partial charge is 0.399 e. The lowest BCUT2D eigenvalue weighted by Gasteiger charge is -2.10. The van der Waals surface area contributed by atoms with Crippen molar-refractivity contribution in [1.82, 2.24) is 0 Å². The van der Waals surface area contributed by atoms with E-state index in [0.29, 0.717) is 11.8 Å². The van der Waals surface area contributed by atoms with Crippen molar-refractivity contribution in [1.29, 1.82) is 0 Å². The Bertz CT molecular complexity index is 644. The van der Waals surface area contributed by atoms with E-state index in [9.17, 15) is 18.0 Å². The van der Waals surface area contributed by atoms with Crippen molar-refractivity contribution in [3.05, 3.63) is 53.8 Å². The number of para-hydroxylation sites is 1. The number of nitrogens with one attached hydrogen (secondary N) is 1. The van der Waals surface area contributed by atoms with Crippen LogP contribution < -0.4 is 11.1 Å². The van der Waals surface area contributed by atoms with Crippen molar-refractivity contribution in [2.24, 2.45) is 0 Å². The Labute approximate surface area is 123 Å². The minimum absolute atomic E-state index is 0.0179. The second kappa shape index (κ2) is 6.53. The summed E-state index contributed by atoms with van der Waals surface area (Å²) in [4.78, 5) is 12.3. The number of amides is 1. The van der Waals surface area contributed by atoms with Crippen LogP contribution in [0.4, 0.5) is 24.5 Å². The van der Waals surface area contributed by atoms with Crippen LogP contribution in [0.1, 0.15) is 10.4 Å². The van der Waals surface area contributed by atoms with Gasteiger partial charge in [-0.3, -0.25) is 4.79 Å². The summed E-state index contributed by atoms with van der Waals surface area (Å²) >= 11 is 0.322. The number of rotatable bonds is 4. The number of hydrogen-bond acceptors (Lipinski definition) is 3. The summed E-state index contributed by atoms with van der Waals surface area (Å²) in [6.45, 7) is 0. The number of carbonyl (C=O) groups excluding carboxylic acids is 1. The Kier molecular flexibility index (Phi) is 4.74. The molecule has 0 radical (unpaired) electrons. The first kappa shape index (κ1) is 15.2. The maximum Gasteiger partial charge on any atom is 0.288 e. The van der Waals surface area contributed by atoms with E-state index in [1.54, 1.807) is 12.1 Å². The fraction of sp³-hybridized carbons (Fsp3) is 0.0714. The molecule has 2 aromatic carbocycles. The summed E-state index contributed by atoms with van der Waals surface area (Å²) in [5, 5.41) is 2.47. The van der Waals surface area contributed by atoms with Crippen molar-refractivity contribution < 1.29 is 18.0 Å². The molecule has 0 unspecified atom stereocenters. The van der Waals surface area contributed by atoms with Crippen molar-refractivity contribution in [3.63, 3.8) is 0 Å². The van der Waals surface area contributed by atoms with E-state index >= 15 is 0 Å². The third-order valence-electron chi connectivity index (χ3n) is 2.53. The fourth-order valence-electron chi connectivity index (χ4n) is 1.71. The minimum Gasteiger partial charge on any atom is -0.399 e. The highest BCUT2D eigenvalue weighted by molar-refractivity contribution is 7.99. The minimum atomic E-state index is -2.60. The van der Waals surface area contributed by atoms with E-state index in [4.69, 9.17) is 5.73 Å². The number of benzene rings is 2. The molecule has 0 aromatic heterocycles. The topological polar surface area (TPSA) is 55.1 Å². The molecule has 2 rings (SSSR count). The number of nitrogen functional groups attached to an aromatic ring is 1. The summed E-state index contributed by atoms with van der Waals surface area (Å²) < 4.78 is 38.1. The fourth-order valence-corrected chi connectivity index (χ4v) is 2.30. The van der Waals surface area contributed by atoms with Crippen LogP contribution >= 0.6 is 11.8 Å². The quantitative estimate of drug-likeness (QED) is 0.663. The molecule has 1 amide bonds. The Morgan fingerprint density at radius 3 is 2.57 bits per heavy atom. The van der Waals surface area contributed by atoms with Gasteiger partial charge in [-0.2, -0.15) is 8.78 Å². The number of nitrogens with two attached hydrogens (primary N) is 1. The van der Waals surface area contributed by atoms with E-state index < -0.39 is 17.5 Å². The highest BCUT2D eigenvalue weighted by atomic mass is 32.2. The van der Waals surface area contributed by atoms with Gasteiger partial charge in [-0.25, -0.2) is 4.39 Å². The van der Waals surface area contributed by atoms with Gasteiger partial charge in [0.2, 0.25) is 0 Å². The summed E-state index contributed by atoms with van der Waals surface area (Å²) in [5.74, 6) is -3.87. The first-order chi connectivity index (χ1) is 9.95. The second-order valence-electron chi connectivity index (χ2n) is 4.10. The van der Waals surface area contributed by atoms with Gasteiger partial charge in [0.15, 0.2) is 0 Å². The van der Waals surface area contributed by atoms with Crippen LogP contribution in [0.5, 0.6) is 0 Å². The highest BCUT2D eigenvalue weighted by Gasteiger charge is 2.13. The summed E-state index contributed by atoms with van der Waals surface area (Å²) in [7, 11) is 0. The van der Waals surface area contributed by atoms with Gasteiger partial charge in [0.1, 0.15) is 5.82 Å². The Hall–Kier alpha value is -2.15. The predicted octanol–water partition coefficient (Wildman–Crippen LogP) is 3.97. The average Bonchev–Trinajstić information content (AvgIpc) is 2.39. The molecule has 0 fully saturated rings. The summed E-state index contributed by atoms with van der Waals surface area (Å²) in [6, 6.07) is 9.55. The lowest BCUT2D eigenvalue weighted by molar-refractivity contribution is 0.102. The molecule has 0 atom stereocenters. The van der Waals surface area contributed by atoms with Crippen LogP contribution in [0.15, 0.2) is 47.4 Å². The average molecular weight is 312 g/mol. The SMILES string of the molecule is Nc1cc(F)cc(C(=O)Nc2ccccc2SC(F)F)c1. The number of alkyl halides is 2. The molecule has 0 saturated heterocycles. The molecule has 0 aliphatic rings. The number of carbonyl (C=O) groups is 1. The van der Waals surface area contributed by atoms with Crippen LogP contribution in [0.3, 0.4) is 0 Å². The molecule has 0 spiro atoms. The van der Waals surface area contributed by atoms with Crippen molar-refractivity contribution in [2.75, 3.05) is 11.1 Å². The standard InChI is InChI=1S/C14H11F3N2OS/c15-9-5-8(6-10(18)7-9)13(20)19-11-3-1-2-4-12(11)21-14(16)17/h1-7,14H,18H2,(H,19,20). The molecule has 0 heterocycles. The second-order valence-corrected chi connectivity index (χ2v) is 5.13. The van der Waals surface area contributed by atoms with E-state index in [2.05, 4.69) is 5.32 Å². The van der Waals surface area contributed by atoms with E-state index in [-0.39, 0.29) is 21.8 Å². The summed E-state index contributed by atoms with van der Waals surface area (Å²) in [5.41, 5.74) is 5.82. The molecule has 0 aliphatic heterocycles. The van der Waals surface area contributed by atoms with Crippen LogP contribution in [0, 0.1) is 5.82 Å². The van der Waals surface area contributed by atoms with Crippen LogP contribution in [0.2, 0.25) is 0 Å². The number of anilines is 2. The van der Waals surface area contributed by atoms with Gasteiger partial charge in [0, 0.05) is 16.1 Å². The zero-order valence-electron chi connectivity index (χ0n) is 10.6. The van der Waals surface area contributed by atoms with E-state index in [0.717, 1.165) is 12.1 Å². The van der Waals surface area contributed by atoms with Gasteiger partial charge in [0.05, 0.1) is 5.69 Å². The first-order valence-electron chi connectivity index (χ1n) is 5.87.